The minimum Gasteiger partial charge on any atom is -0.309 e. The van der Waals surface area contributed by atoms with E-state index >= 15 is 0 Å². The Morgan fingerprint density at radius 2 is 1.68 bits per heavy atom. The number of ketones is 1. The molecule has 142 valence electrons. The lowest BCUT2D eigenvalue weighted by molar-refractivity contribution is 0.0965. The summed E-state index contributed by atoms with van der Waals surface area (Å²) in [7, 11) is 0. The number of aromatic nitrogens is 3. The molecule has 0 bridgehead atoms. The highest BCUT2D eigenvalue weighted by Gasteiger charge is 2.26. The van der Waals surface area contributed by atoms with Gasteiger partial charge in [0.25, 0.3) is 0 Å². The number of carbonyl (C=O) groups excluding carboxylic acids is 1. The van der Waals surface area contributed by atoms with E-state index in [0.29, 0.717) is 22.8 Å². The first-order valence-electron chi connectivity index (χ1n) is 8.48. The molecule has 0 N–H and O–H groups in total. The lowest BCUT2D eigenvalue weighted by atomic mass is 10.1. The molecular weight excluding hydrogens is 387 g/mol. The average molecular weight is 401 g/mol. The Kier molecular flexibility index (Phi) is 4.56. The smallest absolute Gasteiger partial charge is 0.309 e. The summed E-state index contributed by atoms with van der Waals surface area (Å²) in [5.74, 6) is -0.520. The SMILES string of the molecule is O=C(Cn1nc2n(c(=O)c1=O)CCN2c1ccc(F)cc1)c1ccc(Cl)cc1. The van der Waals surface area contributed by atoms with Crippen molar-refractivity contribution >= 4 is 29.0 Å². The Bertz CT molecular complexity index is 1170. The van der Waals surface area contributed by atoms with E-state index in [1.165, 1.54) is 16.7 Å². The van der Waals surface area contributed by atoms with E-state index in [-0.39, 0.29) is 30.6 Å². The Labute approximate surface area is 163 Å². The van der Waals surface area contributed by atoms with Gasteiger partial charge >= 0.3 is 11.1 Å². The van der Waals surface area contributed by atoms with Crippen LogP contribution < -0.4 is 16.0 Å². The van der Waals surface area contributed by atoms with E-state index in [1.54, 1.807) is 41.3 Å². The van der Waals surface area contributed by atoms with Crippen molar-refractivity contribution in [2.75, 3.05) is 11.4 Å². The fourth-order valence-electron chi connectivity index (χ4n) is 3.06. The number of fused-ring (bicyclic) bond motifs is 1. The van der Waals surface area contributed by atoms with Crippen LogP contribution >= 0.6 is 11.6 Å². The monoisotopic (exact) mass is 400 g/mol. The first-order valence-corrected chi connectivity index (χ1v) is 8.85. The topological polar surface area (TPSA) is 77.2 Å². The first kappa shape index (κ1) is 18.1. The Morgan fingerprint density at radius 1 is 1.00 bits per heavy atom. The van der Waals surface area contributed by atoms with Crippen LogP contribution in [0, 0.1) is 5.82 Å². The largest absolute Gasteiger partial charge is 0.333 e. The molecule has 7 nitrogen and oxygen atoms in total. The fraction of sp³-hybridized carbons (Fsp3) is 0.158. The lowest BCUT2D eigenvalue weighted by Gasteiger charge is -2.17. The Morgan fingerprint density at radius 3 is 2.36 bits per heavy atom. The average Bonchev–Trinajstić information content (AvgIpc) is 3.11. The van der Waals surface area contributed by atoms with Crippen molar-refractivity contribution < 1.29 is 9.18 Å². The zero-order valence-corrected chi connectivity index (χ0v) is 15.3. The fourth-order valence-corrected chi connectivity index (χ4v) is 3.19. The van der Waals surface area contributed by atoms with Gasteiger partial charge in [0.15, 0.2) is 5.78 Å². The number of anilines is 2. The van der Waals surface area contributed by atoms with Crippen molar-refractivity contribution in [3.05, 3.63) is 85.6 Å². The lowest BCUT2D eigenvalue weighted by Crippen LogP contribution is -2.43. The molecule has 0 aliphatic carbocycles. The molecule has 9 heteroatoms. The second-order valence-corrected chi connectivity index (χ2v) is 6.71. The molecule has 0 atom stereocenters. The highest BCUT2D eigenvalue weighted by atomic mass is 35.5. The molecule has 0 fully saturated rings. The molecule has 28 heavy (non-hydrogen) atoms. The predicted octanol–water partition coefficient (Wildman–Crippen LogP) is 2.23. The van der Waals surface area contributed by atoms with Crippen LogP contribution in [0.5, 0.6) is 0 Å². The maximum Gasteiger partial charge on any atom is 0.333 e. The van der Waals surface area contributed by atoms with Gasteiger partial charge in [0.2, 0.25) is 5.95 Å². The van der Waals surface area contributed by atoms with E-state index < -0.39 is 11.1 Å². The van der Waals surface area contributed by atoms with Crippen molar-refractivity contribution in [3.63, 3.8) is 0 Å². The highest BCUT2D eigenvalue weighted by molar-refractivity contribution is 6.30. The van der Waals surface area contributed by atoms with Crippen LogP contribution in [0.15, 0.2) is 58.1 Å². The molecule has 3 aromatic rings. The summed E-state index contributed by atoms with van der Waals surface area (Å²) in [6.07, 6.45) is 0. The molecule has 4 rings (SSSR count). The van der Waals surface area contributed by atoms with Crippen LogP contribution in [0.4, 0.5) is 16.0 Å². The van der Waals surface area contributed by atoms with Gasteiger partial charge in [-0.3, -0.25) is 19.0 Å². The molecule has 0 saturated heterocycles. The summed E-state index contributed by atoms with van der Waals surface area (Å²) in [5.41, 5.74) is -0.631. The summed E-state index contributed by atoms with van der Waals surface area (Å²) >= 11 is 5.82. The van der Waals surface area contributed by atoms with Gasteiger partial charge in [-0.05, 0) is 48.5 Å². The van der Waals surface area contributed by atoms with Crippen LogP contribution in [-0.4, -0.2) is 26.7 Å². The number of Topliss-reactive ketones (excluding diaryl/α,β-unsaturated/α-hetero) is 1. The van der Waals surface area contributed by atoms with E-state index in [2.05, 4.69) is 5.10 Å². The van der Waals surface area contributed by atoms with Crippen LogP contribution in [0.3, 0.4) is 0 Å². The molecule has 1 aromatic heterocycles. The summed E-state index contributed by atoms with van der Waals surface area (Å²) in [6, 6.07) is 11.9. The van der Waals surface area contributed by atoms with Crippen molar-refractivity contribution in [1.29, 1.82) is 0 Å². The molecule has 1 aliphatic heterocycles. The Hall–Kier alpha value is -3.26. The quantitative estimate of drug-likeness (QED) is 0.496. The second-order valence-electron chi connectivity index (χ2n) is 6.28. The maximum atomic E-state index is 13.2. The molecule has 0 unspecified atom stereocenters. The highest BCUT2D eigenvalue weighted by Crippen LogP contribution is 2.26. The van der Waals surface area contributed by atoms with Gasteiger partial charge < -0.3 is 4.90 Å². The van der Waals surface area contributed by atoms with Gasteiger partial charge in [-0.15, -0.1) is 5.10 Å². The summed E-state index contributed by atoms with van der Waals surface area (Å²) in [6.45, 7) is 0.309. The Balaban J connectivity index is 1.71. The van der Waals surface area contributed by atoms with Gasteiger partial charge in [0, 0.05) is 29.4 Å². The predicted molar refractivity (Wildman–Crippen MR) is 102 cm³/mol. The number of nitrogens with zero attached hydrogens (tertiary/aromatic N) is 4. The minimum atomic E-state index is -0.869. The third-order valence-electron chi connectivity index (χ3n) is 4.50. The molecule has 2 heterocycles. The summed E-state index contributed by atoms with van der Waals surface area (Å²) < 4.78 is 15.3. The molecular formula is C19H14ClFN4O3. The summed E-state index contributed by atoms with van der Waals surface area (Å²) in [4.78, 5) is 39.0. The van der Waals surface area contributed by atoms with Crippen molar-refractivity contribution in [2.45, 2.75) is 13.1 Å². The van der Waals surface area contributed by atoms with Gasteiger partial charge in [-0.1, -0.05) is 11.6 Å². The maximum absolute atomic E-state index is 13.2. The van der Waals surface area contributed by atoms with Gasteiger partial charge in [0.05, 0.1) is 0 Å². The molecule has 0 radical (unpaired) electrons. The zero-order chi connectivity index (χ0) is 19.8. The van der Waals surface area contributed by atoms with Crippen LogP contribution in [0.2, 0.25) is 5.02 Å². The standard InChI is InChI=1S/C19H14ClFN4O3/c20-13-3-1-12(2-4-13)16(26)11-25-18(28)17(27)24-10-9-23(19(24)22-25)15-7-5-14(21)6-8-15/h1-8H,9-11H2. The normalized spacial score (nSPS) is 12.9. The molecule has 0 spiro atoms. The van der Waals surface area contributed by atoms with Crippen molar-refractivity contribution in [3.8, 4) is 0 Å². The van der Waals surface area contributed by atoms with E-state index in [4.69, 9.17) is 11.6 Å². The van der Waals surface area contributed by atoms with Gasteiger partial charge in [-0.25, -0.2) is 9.07 Å². The number of rotatable bonds is 4. The van der Waals surface area contributed by atoms with E-state index in [0.717, 1.165) is 4.68 Å². The molecule has 1 aliphatic rings. The molecule has 0 saturated carbocycles. The summed E-state index contributed by atoms with van der Waals surface area (Å²) in [5, 5.41) is 4.71. The van der Waals surface area contributed by atoms with Crippen LogP contribution in [-0.2, 0) is 13.1 Å². The number of hydrogen-bond acceptors (Lipinski definition) is 5. The first-order chi connectivity index (χ1) is 13.4. The zero-order valence-electron chi connectivity index (χ0n) is 14.5. The third kappa shape index (κ3) is 3.22. The third-order valence-corrected chi connectivity index (χ3v) is 4.75. The number of hydrogen-bond donors (Lipinski definition) is 0. The number of benzene rings is 2. The number of carbonyl (C=O) groups is 1. The van der Waals surface area contributed by atoms with Crippen molar-refractivity contribution in [2.24, 2.45) is 0 Å². The van der Waals surface area contributed by atoms with Crippen LogP contribution in [0.1, 0.15) is 10.4 Å². The minimum absolute atomic E-state index is 0.236. The van der Waals surface area contributed by atoms with E-state index in [9.17, 15) is 18.8 Å². The number of halogens is 2. The van der Waals surface area contributed by atoms with Crippen LogP contribution in [0.25, 0.3) is 0 Å². The van der Waals surface area contributed by atoms with Crippen molar-refractivity contribution in [1.82, 2.24) is 14.3 Å². The van der Waals surface area contributed by atoms with E-state index in [1.807, 2.05) is 0 Å². The molecule has 2 aromatic carbocycles. The second kappa shape index (κ2) is 7.05. The van der Waals surface area contributed by atoms with Gasteiger partial charge in [-0.2, -0.15) is 0 Å². The van der Waals surface area contributed by atoms with Gasteiger partial charge in [0.1, 0.15) is 12.4 Å². The molecule has 0 amide bonds.